The molecule has 0 N–H and O–H groups in total. The molecule has 3 heteroatoms. The van der Waals surface area contributed by atoms with Crippen LogP contribution in [0.3, 0.4) is 0 Å². The molecule has 0 bridgehead atoms. The van der Waals surface area contributed by atoms with Crippen molar-refractivity contribution in [1.29, 1.82) is 5.26 Å². The Labute approximate surface area is 98.6 Å². The van der Waals surface area contributed by atoms with Crippen LogP contribution >= 0.6 is 0 Å². The highest BCUT2D eigenvalue weighted by Gasteiger charge is 2.49. The molecule has 3 rings (SSSR count). The summed E-state index contributed by atoms with van der Waals surface area (Å²) in [5, 5.41) is 10.3. The molecule has 1 heterocycles. The van der Waals surface area contributed by atoms with E-state index in [0.29, 0.717) is 5.76 Å². The maximum atomic E-state index is 11.2. The van der Waals surface area contributed by atoms with Gasteiger partial charge in [-0.05, 0) is 13.0 Å². The van der Waals surface area contributed by atoms with E-state index in [-0.39, 0.29) is 18.6 Å². The molecule has 2 aromatic rings. The largest absolute Gasteiger partial charge is 0.459 e. The standard InChI is InChI=1S/C14H11NO2/c1-9-11-4-2-3-5-12(11)17-13(9)14(8-15)6-10(16)7-14/h2-5H,6-7H2,1H3. The van der Waals surface area contributed by atoms with E-state index in [2.05, 4.69) is 6.07 Å². The molecule has 1 aromatic carbocycles. The molecule has 0 saturated heterocycles. The Kier molecular flexibility index (Phi) is 1.90. The Morgan fingerprint density at radius 1 is 1.35 bits per heavy atom. The van der Waals surface area contributed by atoms with E-state index >= 15 is 0 Å². The van der Waals surface area contributed by atoms with Crippen molar-refractivity contribution in [3.63, 3.8) is 0 Å². The summed E-state index contributed by atoms with van der Waals surface area (Å²) in [4.78, 5) is 11.2. The number of rotatable bonds is 1. The molecule has 0 radical (unpaired) electrons. The van der Waals surface area contributed by atoms with E-state index in [4.69, 9.17) is 4.42 Å². The first-order chi connectivity index (χ1) is 8.16. The van der Waals surface area contributed by atoms with Crippen LogP contribution in [0.1, 0.15) is 24.2 Å². The number of carbonyl (C=O) groups is 1. The van der Waals surface area contributed by atoms with Crippen LogP contribution in [-0.2, 0) is 10.2 Å². The zero-order valence-corrected chi connectivity index (χ0v) is 9.49. The summed E-state index contributed by atoms with van der Waals surface area (Å²) in [5.74, 6) is 0.798. The van der Waals surface area contributed by atoms with E-state index in [1.807, 2.05) is 31.2 Å². The van der Waals surface area contributed by atoms with E-state index in [1.54, 1.807) is 0 Å². The van der Waals surface area contributed by atoms with Crippen LogP contribution < -0.4 is 0 Å². The molecule has 84 valence electrons. The van der Waals surface area contributed by atoms with Crippen LogP contribution in [-0.4, -0.2) is 5.78 Å². The third-order valence-corrected chi connectivity index (χ3v) is 3.49. The molecule has 0 aliphatic heterocycles. The molecule has 17 heavy (non-hydrogen) atoms. The van der Waals surface area contributed by atoms with Crippen molar-refractivity contribution in [2.45, 2.75) is 25.2 Å². The van der Waals surface area contributed by atoms with Crippen molar-refractivity contribution >= 4 is 16.8 Å². The topological polar surface area (TPSA) is 54.0 Å². The zero-order valence-electron chi connectivity index (χ0n) is 9.49. The summed E-state index contributed by atoms with van der Waals surface area (Å²) < 4.78 is 5.77. The van der Waals surface area contributed by atoms with Gasteiger partial charge < -0.3 is 4.42 Å². The van der Waals surface area contributed by atoms with Crippen LogP contribution in [0.15, 0.2) is 28.7 Å². The molecule has 0 unspecified atom stereocenters. The third-order valence-electron chi connectivity index (χ3n) is 3.49. The molecule has 0 spiro atoms. The number of carbonyl (C=O) groups excluding carboxylic acids is 1. The lowest BCUT2D eigenvalue weighted by Gasteiger charge is -2.32. The number of furan rings is 1. The minimum Gasteiger partial charge on any atom is -0.459 e. The van der Waals surface area contributed by atoms with Crippen molar-refractivity contribution < 1.29 is 9.21 Å². The van der Waals surface area contributed by atoms with E-state index in [1.165, 1.54) is 0 Å². The predicted molar refractivity (Wildman–Crippen MR) is 62.5 cm³/mol. The first-order valence-corrected chi connectivity index (χ1v) is 5.58. The molecule has 0 atom stereocenters. The van der Waals surface area contributed by atoms with Crippen LogP contribution in [0.4, 0.5) is 0 Å². The first kappa shape index (κ1) is 10.1. The van der Waals surface area contributed by atoms with Gasteiger partial charge in [-0.1, -0.05) is 18.2 Å². The second-order valence-corrected chi connectivity index (χ2v) is 4.64. The number of hydrogen-bond donors (Lipinski definition) is 0. The summed E-state index contributed by atoms with van der Waals surface area (Å²) in [5.41, 5.74) is 1.05. The van der Waals surface area contributed by atoms with Gasteiger partial charge in [0.25, 0.3) is 0 Å². The fourth-order valence-electron chi connectivity index (χ4n) is 2.54. The van der Waals surface area contributed by atoms with Crippen LogP contribution in [0.5, 0.6) is 0 Å². The Morgan fingerprint density at radius 3 is 2.65 bits per heavy atom. The molecule has 1 aliphatic carbocycles. The summed E-state index contributed by atoms with van der Waals surface area (Å²) in [7, 11) is 0. The Morgan fingerprint density at radius 2 is 2.06 bits per heavy atom. The molecule has 3 nitrogen and oxygen atoms in total. The van der Waals surface area contributed by atoms with Crippen molar-refractivity contribution in [2.24, 2.45) is 0 Å². The van der Waals surface area contributed by atoms with Crippen LogP contribution in [0.25, 0.3) is 11.0 Å². The highest BCUT2D eigenvalue weighted by atomic mass is 16.3. The van der Waals surface area contributed by atoms with Crippen molar-refractivity contribution in [2.75, 3.05) is 0 Å². The quantitative estimate of drug-likeness (QED) is 0.749. The first-order valence-electron chi connectivity index (χ1n) is 5.58. The monoisotopic (exact) mass is 225 g/mol. The number of nitrogens with zero attached hydrogens (tertiary/aromatic N) is 1. The average Bonchev–Trinajstić information content (AvgIpc) is 2.64. The van der Waals surface area contributed by atoms with Gasteiger partial charge in [0, 0.05) is 23.8 Å². The Bertz CT molecular complexity index is 652. The summed E-state index contributed by atoms with van der Waals surface area (Å²) in [6.45, 7) is 1.95. The summed E-state index contributed by atoms with van der Waals surface area (Å²) >= 11 is 0. The fourth-order valence-corrected chi connectivity index (χ4v) is 2.54. The lowest BCUT2D eigenvalue weighted by Crippen LogP contribution is -2.40. The molecule has 1 saturated carbocycles. The van der Waals surface area contributed by atoms with Crippen LogP contribution in [0, 0.1) is 18.3 Å². The number of ketones is 1. The maximum absolute atomic E-state index is 11.2. The third kappa shape index (κ3) is 1.24. The average molecular weight is 225 g/mol. The van der Waals surface area contributed by atoms with Gasteiger partial charge in [0.15, 0.2) is 0 Å². The molecule has 1 aliphatic rings. The highest BCUT2D eigenvalue weighted by Crippen LogP contribution is 2.44. The molecule has 1 aromatic heterocycles. The smallest absolute Gasteiger partial charge is 0.137 e. The van der Waals surface area contributed by atoms with Crippen molar-refractivity contribution in [3.05, 3.63) is 35.6 Å². The van der Waals surface area contributed by atoms with E-state index in [9.17, 15) is 10.1 Å². The van der Waals surface area contributed by atoms with Gasteiger partial charge in [-0.25, -0.2) is 0 Å². The number of para-hydroxylation sites is 1. The molecular formula is C14H11NO2. The van der Waals surface area contributed by atoms with E-state index < -0.39 is 5.41 Å². The zero-order chi connectivity index (χ0) is 12.0. The number of hydrogen-bond acceptors (Lipinski definition) is 3. The Balaban J connectivity index is 2.22. The normalized spacial score (nSPS) is 17.8. The van der Waals surface area contributed by atoms with E-state index in [0.717, 1.165) is 16.5 Å². The SMILES string of the molecule is Cc1c(C2(C#N)CC(=O)C2)oc2ccccc12. The number of nitriles is 1. The second-order valence-electron chi connectivity index (χ2n) is 4.64. The highest BCUT2D eigenvalue weighted by molar-refractivity contribution is 5.91. The second kappa shape index (κ2) is 3.21. The molecular weight excluding hydrogens is 214 g/mol. The Hall–Kier alpha value is -2.08. The summed E-state index contributed by atoms with van der Waals surface area (Å²) in [6, 6.07) is 9.96. The minimum absolute atomic E-state index is 0.131. The number of fused-ring (bicyclic) bond motifs is 1. The van der Waals surface area contributed by atoms with Gasteiger partial charge in [0.1, 0.15) is 22.5 Å². The molecule has 1 fully saturated rings. The number of aryl methyl sites for hydroxylation is 1. The van der Waals surface area contributed by atoms with Gasteiger partial charge in [-0.2, -0.15) is 5.26 Å². The molecule has 0 amide bonds. The predicted octanol–water partition coefficient (Wildman–Crippen LogP) is 2.87. The van der Waals surface area contributed by atoms with Gasteiger partial charge in [0.2, 0.25) is 0 Å². The van der Waals surface area contributed by atoms with Crippen molar-refractivity contribution in [1.82, 2.24) is 0 Å². The lowest BCUT2D eigenvalue weighted by atomic mass is 9.66. The minimum atomic E-state index is -0.722. The van der Waals surface area contributed by atoms with Gasteiger partial charge in [-0.15, -0.1) is 0 Å². The fraction of sp³-hybridized carbons (Fsp3) is 0.286. The van der Waals surface area contributed by atoms with Gasteiger partial charge in [0.05, 0.1) is 6.07 Å². The van der Waals surface area contributed by atoms with Crippen molar-refractivity contribution in [3.8, 4) is 6.07 Å². The number of Topliss-reactive ketones (excluding diaryl/α,β-unsaturated/α-hetero) is 1. The summed E-state index contributed by atoms with van der Waals surface area (Å²) in [6.07, 6.45) is 0.564. The number of benzene rings is 1. The van der Waals surface area contributed by atoms with Gasteiger partial charge in [-0.3, -0.25) is 4.79 Å². The van der Waals surface area contributed by atoms with Crippen LogP contribution in [0.2, 0.25) is 0 Å². The van der Waals surface area contributed by atoms with Gasteiger partial charge >= 0.3 is 0 Å². The lowest BCUT2D eigenvalue weighted by molar-refractivity contribution is -0.127. The maximum Gasteiger partial charge on any atom is 0.137 e.